The SMILES string of the molecule is C1=C[C@H](c2ccc(/C=C/c3ccccc3)cc2)C(c2ccccc2)(c2ccccc2)C1. The number of allylic oxidation sites excluding steroid dienone is 2. The van der Waals surface area contributed by atoms with Crippen LogP contribution in [0.15, 0.2) is 127 Å². The summed E-state index contributed by atoms with van der Waals surface area (Å²) in [5.41, 5.74) is 6.49. The van der Waals surface area contributed by atoms with E-state index in [4.69, 9.17) is 0 Å². The molecular formula is C31H26. The summed E-state index contributed by atoms with van der Waals surface area (Å²) in [7, 11) is 0. The third-order valence-corrected chi connectivity index (χ3v) is 6.44. The van der Waals surface area contributed by atoms with E-state index in [2.05, 4.69) is 133 Å². The Kier molecular flexibility index (Phi) is 5.37. The van der Waals surface area contributed by atoms with Gasteiger partial charge in [-0.05, 0) is 34.2 Å². The molecule has 0 fully saturated rings. The molecule has 150 valence electrons. The lowest BCUT2D eigenvalue weighted by Gasteiger charge is -2.37. The molecule has 0 aliphatic heterocycles. The number of hydrogen-bond donors (Lipinski definition) is 0. The van der Waals surface area contributed by atoms with E-state index < -0.39 is 0 Å². The molecule has 1 aliphatic carbocycles. The van der Waals surface area contributed by atoms with Crippen molar-refractivity contribution in [2.24, 2.45) is 0 Å². The van der Waals surface area contributed by atoms with Gasteiger partial charge in [0.05, 0.1) is 0 Å². The second kappa shape index (κ2) is 8.62. The number of benzene rings is 4. The van der Waals surface area contributed by atoms with Crippen LogP contribution in [0.2, 0.25) is 0 Å². The van der Waals surface area contributed by atoms with Crippen molar-refractivity contribution < 1.29 is 0 Å². The van der Waals surface area contributed by atoms with Crippen LogP contribution < -0.4 is 0 Å². The second-order valence-electron chi connectivity index (χ2n) is 8.22. The monoisotopic (exact) mass is 398 g/mol. The molecule has 5 rings (SSSR count). The van der Waals surface area contributed by atoms with Crippen LogP contribution >= 0.6 is 0 Å². The second-order valence-corrected chi connectivity index (χ2v) is 8.22. The highest BCUT2D eigenvalue weighted by molar-refractivity contribution is 5.69. The van der Waals surface area contributed by atoms with Crippen molar-refractivity contribution >= 4 is 12.2 Å². The van der Waals surface area contributed by atoms with E-state index in [1.165, 1.54) is 27.8 Å². The molecule has 0 N–H and O–H groups in total. The molecule has 0 bridgehead atoms. The molecule has 0 unspecified atom stereocenters. The van der Waals surface area contributed by atoms with Gasteiger partial charge in [0.1, 0.15) is 0 Å². The molecule has 0 heterocycles. The Hall–Kier alpha value is -3.64. The van der Waals surface area contributed by atoms with Crippen LogP contribution in [0.3, 0.4) is 0 Å². The van der Waals surface area contributed by atoms with E-state index in [0.29, 0.717) is 5.92 Å². The van der Waals surface area contributed by atoms with Crippen LogP contribution in [0, 0.1) is 0 Å². The van der Waals surface area contributed by atoms with Gasteiger partial charge in [-0.25, -0.2) is 0 Å². The van der Waals surface area contributed by atoms with Crippen LogP contribution in [0.1, 0.15) is 40.2 Å². The third-order valence-electron chi connectivity index (χ3n) is 6.44. The van der Waals surface area contributed by atoms with Crippen LogP contribution in [0.4, 0.5) is 0 Å². The van der Waals surface area contributed by atoms with Gasteiger partial charge in [-0.2, -0.15) is 0 Å². The molecule has 0 aromatic heterocycles. The first-order chi connectivity index (χ1) is 15.4. The first-order valence-corrected chi connectivity index (χ1v) is 11.0. The normalized spacial score (nSPS) is 17.2. The van der Waals surface area contributed by atoms with E-state index in [0.717, 1.165) is 6.42 Å². The molecule has 0 saturated carbocycles. The minimum atomic E-state index is -0.0656. The van der Waals surface area contributed by atoms with Crippen LogP contribution in [-0.2, 0) is 5.41 Å². The van der Waals surface area contributed by atoms with E-state index in [-0.39, 0.29) is 5.41 Å². The topological polar surface area (TPSA) is 0 Å². The largest absolute Gasteiger partial charge is 0.0866 e. The highest BCUT2D eigenvalue weighted by atomic mass is 14.5. The van der Waals surface area contributed by atoms with Gasteiger partial charge in [-0.1, -0.05) is 140 Å². The third kappa shape index (κ3) is 3.78. The molecular weight excluding hydrogens is 372 g/mol. The highest BCUT2D eigenvalue weighted by Crippen LogP contribution is 2.51. The molecule has 0 radical (unpaired) electrons. The van der Waals surface area contributed by atoms with Gasteiger partial charge in [-0.15, -0.1) is 0 Å². The smallest absolute Gasteiger partial charge is 0.0340 e. The summed E-state index contributed by atoms with van der Waals surface area (Å²) in [4.78, 5) is 0. The summed E-state index contributed by atoms with van der Waals surface area (Å²) in [6.45, 7) is 0. The average molecular weight is 399 g/mol. The van der Waals surface area contributed by atoms with Crippen molar-refractivity contribution in [2.45, 2.75) is 17.8 Å². The Labute approximate surface area is 185 Å². The molecule has 0 nitrogen and oxygen atoms in total. The van der Waals surface area contributed by atoms with Crippen molar-refractivity contribution in [3.05, 3.63) is 155 Å². The standard InChI is InChI=1S/C31H26/c1-4-11-25(12-5-1)18-19-26-20-22-27(23-21-26)30-17-10-24-31(30,28-13-6-2-7-14-28)29-15-8-3-9-16-29/h1-23,30H,24H2/b19-18+/t30-/m1/s1. The maximum absolute atomic E-state index is 2.40. The maximum Gasteiger partial charge on any atom is 0.0340 e. The summed E-state index contributed by atoms with van der Waals surface area (Å²) in [6, 6.07) is 41.5. The maximum atomic E-state index is 2.40. The number of rotatable bonds is 5. The van der Waals surface area contributed by atoms with Gasteiger partial charge in [0.15, 0.2) is 0 Å². The van der Waals surface area contributed by atoms with Crippen molar-refractivity contribution in [3.8, 4) is 0 Å². The van der Waals surface area contributed by atoms with Crippen LogP contribution in [0.5, 0.6) is 0 Å². The van der Waals surface area contributed by atoms with E-state index >= 15 is 0 Å². The van der Waals surface area contributed by atoms with Crippen molar-refractivity contribution in [1.29, 1.82) is 0 Å². The fourth-order valence-electron chi connectivity index (χ4n) is 4.88. The van der Waals surface area contributed by atoms with Gasteiger partial charge in [0.2, 0.25) is 0 Å². The van der Waals surface area contributed by atoms with Gasteiger partial charge in [0.25, 0.3) is 0 Å². The Balaban J connectivity index is 1.51. The summed E-state index contributed by atoms with van der Waals surface area (Å²) in [6.07, 6.45) is 10.1. The Bertz CT molecular complexity index is 1130. The molecule has 1 atom stereocenters. The van der Waals surface area contributed by atoms with Gasteiger partial charge in [-0.3, -0.25) is 0 Å². The molecule has 31 heavy (non-hydrogen) atoms. The van der Waals surface area contributed by atoms with E-state index in [1.54, 1.807) is 0 Å². The molecule has 0 spiro atoms. The lowest BCUT2D eigenvalue weighted by molar-refractivity contribution is 0.496. The Morgan fingerprint density at radius 2 is 1.03 bits per heavy atom. The highest BCUT2D eigenvalue weighted by Gasteiger charge is 2.43. The van der Waals surface area contributed by atoms with Crippen molar-refractivity contribution in [3.63, 3.8) is 0 Å². The lowest BCUT2D eigenvalue weighted by Crippen LogP contribution is -2.31. The van der Waals surface area contributed by atoms with Crippen LogP contribution in [-0.4, -0.2) is 0 Å². The van der Waals surface area contributed by atoms with Gasteiger partial charge < -0.3 is 0 Å². The quantitative estimate of drug-likeness (QED) is 0.237. The predicted octanol–water partition coefficient (Wildman–Crippen LogP) is 7.89. The first-order valence-electron chi connectivity index (χ1n) is 11.0. The summed E-state index contributed by atoms with van der Waals surface area (Å²) in [5, 5.41) is 0. The van der Waals surface area contributed by atoms with Crippen LogP contribution in [0.25, 0.3) is 12.2 Å². The predicted molar refractivity (Wildman–Crippen MR) is 132 cm³/mol. The van der Waals surface area contributed by atoms with Gasteiger partial charge in [0, 0.05) is 11.3 Å². The van der Waals surface area contributed by atoms with E-state index in [9.17, 15) is 0 Å². The summed E-state index contributed by atoms with van der Waals surface area (Å²) >= 11 is 0. The zero-order chi connectivity index (χ0) is 20.9. The minimum absolute atomic E-state index is 0.0656. The molecule has 1 aliphatic rings. The molecule has 0 amide bonds. The fraction of sp³-hybridized carbons (Fsp3) is 0.0968. The average Bonchev–Trinajstić information content (AvgIpc) is 3.31. The van der Waals surface area contributed by atoms with Crippen molar-refractivity contribution in [1.82, 2.24) is 0 Å². The molecule has 4 aromatic carbocycles. The zero-order valence-corrected chi connectivity index (χ0v) is 17.6. The van der Waals surface area contributed by atoms with Crippen molar-refractivity contribution in [2.75, 3.05) is 0 Å². The first kappa shape index (κ1) is 19.3. The number of hydrogen-bond acceptors (Lipinski definition) is 0. The molecule has 0 heteroatoms. The lowest BCUT2D eigenvalue weighted by atomic mass is 9.65. The Morgan fingerprint density at radius 3 is 1.58 bits per heavy atom. The van der Waals surface area contributed by atoms with E-state index in [1.807, 2.05) is 6.07 Å². The summed E-state index contributed by atoms with van der Waals surface area (Å²) < 4.78 is 0. The fourth-order valence-corrected chi connectivity index (χ4v) is 4.88. The summed E-state index contributed by atoms with van der Waals surface area (Å²) in [5.74, 6) is 0.310. The van der Waals surface area contributed by atoms with Gasteiger partial charge >= 0.3 is 0 Å². The Morgan fingerprint density at radius 1 is 0.548 bits per heavy atom. The zero-order valence-electron chi connectivity index (χ0n) is 17.6. The molecule has 0 saturated heterocycles. The molecule has 4 aromatic rings. The minimum Gasteiger partial charge on any atom is -0.0866 e.